The molecule has 4 rings (SSSR count). The van der Waals surface area contributed by atoms with Crippen molar-refractivity contribution in [1.82, 2.24) is 15.2 Å². The molecule has 1 saturated carbocycles. The van der Waals surface area contributed by atoms with E-state index >= 15 is 0 Å². The van der Waals surface area contributed by atoms with E-state index in [1.54, 1.807) is 6.20 Å². The van der Waals surface area contributed by atoms with Gasteiger partial charge in [0.2, 0.25) is 0 Å². The molecule has 1 aromatic carbocycles. The number of thiocarbonyl (C=S) groups is 1. The van der Waals surface area contributed by atoms with E-state index in [9.17, 15) is 23.3 Å². The molecule has 2 heterocycles. The summed E-state index contributed by atoms with van der Waals surface area (Å²) in [6, 6.07) is 4.97. The molecule has 0 bridgehead atoms. The van der Waals surface area contributed by atoms with Crippen molar-refractivity contribution >= 4 is 34.4 Å². The normalized spacial score (nSPS) is 20.1. The zero-order valence-corrected chi connectivity index (χ0v) is 21.9. The number of benzene rings is 1. The molecule has 0 atom stereocenters. The minimum Gasteiger partial charge on any atom is -0.489 e. The minimum absolute atomic E-state index is 0.0259. The predicted molar refractivity (Wildman–Crippen MR) is 143 cm³/mol. The van der Waals surface area contributed by atoms with Gasteiger partial charge in [0.05, 0.1) is 29.1 Å². The maximum atomic E-state index is 13.3. The third-order valence-corrected chi connectivity index (χ3v) is 7.21. The van der Waals surface area contributed by atoms with Crippen LogP contribution in [0.1, 0.15) is 38.2 Å². The van der Waals surface area contributed by atoms with Crippen LogP contribution in [-0.4, -0.2) is 64.8 Å². The minimum atomic E-state index is -4.80. The number of hydrogen-bond donors (Lipinski definition) is 2. The van der Waals surface area contributed by atoms with Gasteiger partial charge in [-0.2, -0.15) is 13.2 Å². The van der Waals surface area contributed by atoms with Gasteiger partial charge in [0.1, 0.15) is 11.3 Å². The van der Waals surface area contributed by atoms with E-state index < -0.39 is 22.4 Å². The highest BCUT2D eigenvalue weighted by molar-refractivity contribution is 7.80. The molecule has 2 aromatic rings. The topological polar surface area (TPSA) is 95.8 Å². The Morgan fingerprint density at radius 3 is 2.50 bits per heavy atom. The van der Waals surface area contributed by atoms with Gasteiger partial charge in [0.15, 0.2) is 5.11 Å². The molecule has 1 aliphatic heterocycles. The van der Waals surface area contributed by atoms with Gasteiger partial charge in [-0.3, -0.25) is 15.1 Å². The smallest absolute Gasteiger partial charge is 0.423 e. The Morgan fingerprint density at radius 2 is 1.87 bits per heavy atom. The Kier molecular flexibility index (Phi) is 8.75. The van der Waals surface area contributed by atoms with Crippen molar-refractivity contribution in [3.63, 3.8) is 0 Å². The average molecular weight is 553 g/mol. The number of aromatic nitrogens is 1. The number of anilines is 2. The van der Waals surface area contributed by atoms with Crippen LogP contribution < -0.4 is 20.3 Å². The first-order valence-corrected chi connectivity index (χ1v) is 13.1. The Labute approximate surface area is 224 Å². The zero-order chi connectivity index (χ0) is 27.3. The molecular formula is C25H31F3N6O3S. The van der Waals surface area contributed by atoms with E-state index in [1.165, 1.54) is 6.07 Å². The van der Waals surface area contributed by atoms with Crippen molar-refractivity contribution in [3.8, 4) is 5.75 Å². The maximum Gasteiger partial charge on any atom is 0.423 e. The standard InChI is InChI=1S/C25H31F3N6O3S/c1-2-30-24(38)33-11-9-32(10-12-33)19-14-21(16-29-15-19)37-20-6-3-17(4-7-20)31-18-5-8-23(34(35)36)22(13-18)25(26,27)28/h5,8,13-17,20,31H,2-4,6-7,9-12H2,1H3,(H,30,38). The number of piperazine rings is 1. The molecule has 0 radical (unpaired) electrons. The molecule has 0 spiro atoms. The van der Waals surface area contributed by atoms with Crippen LogP contribution in [-0.2, 0) is 6.18 Å². The van der Waals surface area contributed by atoms with Crippen molar-refractivity contribution < 1.29 is 22.8 Å². The third kappa shape index (κ3) is 6.94. The van der Waals surface area contributed by atoms with E-state index in [2.05, 4.69) is 25.4 Å². The average Bonchev–Trinajstić information content (AvgIpc) is 2.89. The lowest BCUT2D eigenvalue weighted by Crippen LogP contribution is -2.51. The second-order valence-electron chi connectivity index (χ2n) is 9.41. The summed E-state index contributed by atoms with van der Waals surface area (Å²) in [6.07, 6.45) is 1.53. The fourth-order valence-corrected chi connectivity index (χ4v) is 5.17. The molecule has 2 N–H and O–H groups in total. The van der Waals surface area contributed by atoms with Crippen LogP contribution in [0.2, 0.25) is 0 Å². The van der Waals surface area contributed by atoms with Crippen LogP contribution in [0.15, 0.2) is 36.7 Å². The summed E-state index contributed by atoms with van der Waals surface area (Å²) < 4.78 is 46.1. The van der Waals surface area contributed by atoms with Gasteiger partial charge < -0.3 is 25.2 Å². The third-order valence-electron chi connectivity index (χ3n) is 6.81. The Hall–Kier alpha value is -3.35. The van der Waals surface area contributed by atoms with E-state index in [-0.39, 0.29) is 17.8 Å². The van der Waals surface area contributed by atoms with Gasteiger partial charge >= 0.3 is 6.18 Å². The number of alkyl halides is 3. The Balaban J connectivity index is 1.29. The molecule has 1 aliphatic carbocycles. The lowest BCUT2D eigenvalue weighted by molar-refractivity contribution is -0.388. The molecule has 13 heteroatoms. The second-order valence-corrected chi connectivity index (χ2v) is 9.80. The summed E-state index contributed by atoms with van der Waals surface area (Å²) in [5, 5.41) is 18.0. The number of nitro groups is 1. The lowest BCUT2D eigenvalue weighted by atomic mass is 9.92. The van der Waals surface area contributed by atoms with Gasteiger partial charge in [-0.1, -0.05) is 0 Å². The van der Waals surface area contributed by atoms with E-state index in [4.69, 9.17) is 17.0 Å². The first-order chi connectivity index (χ1) is 18.1. The summed E-state index contributed by atoms with van der Waals surface area (Å²) in [5.74, 6) is 0.690. The van der Waals surface area contributed by atoms with Crippen LogP contribution in [0.25, 0.3) is 0 Å². The SMILES string of the molecule is CCNC(=S)N1CCN(c2cncc(OC3CCC(Nc4ccc([N+](=O)[O-])c(C(F)(F)F)c4)CC3)c2)CC1. The van der Waals surface area contributed by atoms with Crippen LogP contribution in [0, 0.1) is 10.1 Å². The molecule has 0 unspecified atom stereocenters. The van der Waals surface area contributed by atoms with Crippen LogP contribution in [0.3, 0.4) is 0 Å². The van der Waals surface area contributed by atoms with E-state index in [1.807, 2.05) is 19.2 Å². The highest BCUT2D eigenvalue weighted by atomic mass is 32.1. The van der Waals surface area contributed by atoms with E-state index in [0.717, 1.165) is 68.5 Å². The van der Waals surface area contributed by atoms with Crippen LogP contribution >= 0.6 is 12.2 Å². The van der Waals surface area contributed by atoms with Crippen molar-refractivity contribution in [1.29, 1.82) is 0 Å². The van der Waals surface area contributed by atoms with Crippen molar-refractivity contribution in [2.24, 2.45) is 0 Å². The number of halogens is 3. The monoisotopic (exact) mass is 552 g/mol. The summed E-state index contributed by atoms with van der Waals surface area (Å²) in [7, 11) is 0. The fraction of sp³-hybridized carbons (Fsp3) is 0.520. The van der Waals surface area contributed by atoms with Gasteiger partial charge in [-0.25, -0.2) is 0 Å². The van der Waals surface area contributed by atoms with Crippen molar-refractivity contribution in [2.75, 3.05) is 42.9 Å². The number of nitrogens with one attached hydrogen (secondary N) is 2. The number of pyridine rings is 1. The molecule has 2 fully saturated rings. The largest absolute Gasteiger partial charge is 0.489 e. The zero-order valence-electron chi connectivity index (χ0n) is 21.0. The maximum absolute atomic E-state index is 13.3. The first kappa shape index (κ1) is 27.7. The Bertz CT molecular complexity index is 1140. The molecule has 0 amide bonds. The molecule has 1 aromatic heterocycles. The van der Waals surface area contributed by atoms with Gasteiger partial charge in [0.25, 0.3) is 5.69 Å². The van der Waals surface area contributed by atoms with Gasteiger partial charge in [-0.15, -0.1) is 0 Å². The Morgan fingerprint density at radius 1 is 1.16 bits per heavy atom. The summed E-state index contributed by atoms with van der Waals surface area (Å²) in [4.78, 5) is 18.7. The molecule has 206 valence electrons. The number of ether oxygens (including phenoxy) is 1. The quantitative estimate of drug-likeness (QED) is 0.285. The number of hydrogen-bond acceptors (Lipinski definition) is 7. The van der Waals surface area contributed by atoms with Gasteiger partial charge in [-0.05, 0) is 57.0 Å². The number of rotatable bonds is 7. The molecule has 1 saturated heterocycles. The number of nitro benzene ring substituents is 1. The number of nitrogens with zero attached hydrogens (tertiary/aromatic N) is 4. The summed E-state index contributed by atoms with van der Waals surface area (Å²) >= 11 is 5.41. The predicted octanol–water partition coefficient (Wildman–Crippen LogP) is 4.83. The van der Waals surface area contributed by atoms with Crippen molar-refractivity contribution in [2.45, 2.75) is 50.9 Å². The van der Waals surface area contributed by atoms with Crippen LogP contribution in [0.5, 0.6) is 5.75 Å². The van der Waals surface area contributed by atoms with Gasteiger partial charge in [0, 0.05) is 56.6 Å². The second kappa shape index (κ2) is 12.0. The lowest BCUT2D eigenvalue weighted by Gasteiger charge is -2.37. The highest BCUT2D eigenvalue weighted by Crippen LogP contribution is 2.38. The van der Waals surface area contributed by atoms with E-state index in [0.29, 0.717) is 18.6 Å². The highest BCUT2D eigenvalue weighted by Gasteiger charge is 2.38. The van der Waals surface area contributed by atoms with Crippen LogP contribution in [0.4, 0.5) is 30.2 Å². The molecule has 38 heavy (non-hydrogen) atoms. The molecular weight excluding hydrogens is 521 g/mol. The molecule has 9 nitrogen and oxygen atoms in total. The molecule has 2 aliphatic rings. The summed E-state index contributed by atoms with van der Waals surface area (Å²) in [5.41, 5.74) is -0.991. The first-order valence-electron chi connectivity index (χ1n) is 12.7. The summed E-state index contributed by atoms with van der Waals surface area (Å²) in [6.45, 7) is 6.13. The fourth-order valence-electron chi connectivity index (χ4n) is 4.84. The van der Waals surface area contributed by atoms with Crippen molar-refractivity contribution in [3.05, 3.63) is 52.3 Å².